The van der Waals surface area contributed by atoms with Crippen LogP contribution in [0.25, 0.3) is 0 Å². The van der Waals surface area contributed by atoms with Gasteiger partial charge in [0.25, 0.3) is 0 Å². The highest BCUT2D eigenvalue weighted by Gasteiger charge is 2.13. The van der Waals surface area contributed by atoms with Gasteiger partial charge in [-0.15, -0.1) is 0 Å². The average Bonchev–Trinajstić information content (AvgIpc) is 2.49. The Labute approximate surface area is 118 Å². The van der Waals surface area contributed by atoms with Crippen LogP contribution in [0.5, 0.6) is 0 Å². The third-order valence-electron chi connectivity index (χ3n) is 2.68. The first-order valence-electron chi connectivity index (χ1n) is 6.51. The van der Waals surface area contributed by atoms with Gasteiger partial charge in [-0.2, -0.15) is 20.2 Å². The Hall–Kier alpha value is -2.68. The molecule has 0 bridgehead atoms. The fourth-order valence-electron chi connectivity index (χ4n) is 1.82. The molecule has 102 valence electrons. The summed E-state index contributed by atoms with van der Waals surface area (Å²) in [4.78, 5) is 14.5. The van der Waals surface area contributed by atoms with Gasteiger partial charge in [0.15, 0.2) is 0 Å². The number of hydrogen-bond acceptors (Lipinski definition) is 6. The molecule has 1 aromatic carbocycles. The molecule has 1 aromatic heterocycles. The van der Waals surface area contributed by atoms with Crippen LogP contribution >= 0.6 is 0 Å². The molecule has 1 heterocycles. The first-order valence-corrected chi connectivity index (χ1v) is 6.51. The lowest BCUT2D eigenvalue weighted by Gasteiger charge is -2.21. The fourth-order valence-corrected chi connectivity index (χ4v) is 1.82. The summed E-state index contributed by atoms with van der Waals surface area (Å²) >= 11 is 0. The Morgan fingerprint density at radius 2 is 1.90 bits per heavy atom. The summed E-state index contributed by atoms with van der Waals surface area (Å²) in [6.07, 6.45) is 0. The van der Waals surface area contributed by atoms with Crippen LogP contribution in [0, 0.1) is 11.3 Å². The minimum Gasteiger partial charge on any atom is -0.354 e. The first kappa shape index (κ1) is 13.7. The van der Waals surface area contributed by atoms with E-state index in [1.54, 1.807) is 0 Å². The number of aromatic nitrogens is 3. The van der Waals surface area contributed by atoms with Crippen LogP contribution in [0.3, 0.4) is 0 Å². The highest BCUT2D eigenvalue weighted by Crippen LogP contribution is 2.21. The molecule has 20 heavy (non-hydrogen) atoms. The SMILES string of the molecule is CCNc1nc(C#N)nc(N(CC)c2ccccc2)n1. The Kier molecular flexibility index (Phi) is 4.45. The van der Waals surface area contributed by atoms with E-state index in [-0.39, 0.29) is 5.82 Å². The molecule has 1 N–H and O–H groups in total. The number of para-hydroxylation sites is 1. The standard InChI is InChI=1S/C14H16N6/c1-3-16-13-17-12(10-15)18-14(19-13)20(4-2)11-8-6-5-7-9-11/h5-9H,3-4H2,1-2H3,(H,16,17,18,19). The lowest BCUT2D eigenvalue weighted by atomic mass is 10.3. The third-order valence-corrected chi connectivity index (χ3v) is 2.68. The van der Waals surface area contributed by atoms with Crippen LogP contribution in [0.1, 0.15) is 19.7 Å². The third kappa shape index (κ3) is 3.01. The molecule has 2 aromatic rings. The van der Waals surface area contributed by atoms with Crippen LogP contribution in [-0.2, 0) is 0 Å². The molecule has 0 radical (unpaired) electrons. The van der Waals surface area contributed by atoms with E-state index in [0.29, 0.717) is 25.0 Å². The highest BCUT2D eigenvalue weighted by atomic mass is 15.3. The molecule has 0 amide bonds. The van der Waals surface area contributed by atoms with Gasteiger partial charge in [0.2, 0.25) is 17.7 Å². The van der Waals surface area contributed by atoms with Crippen LogP contribution < -0.4 is 10.2 Å². The zero-order valence-corrected chi connectivity index (χ0v) is 11.5. The number of hydrogen-bond donors (Lipinski definition) is 1. The molecule has 0 spiro atoms. The van der Waals surface area contributed by atoms with Gasteiger partial charge in [0, 0.05) is 18.8 Å². The molecule has 0 atom stereocenters. The van der Waals surface area contributed by atoms with Crippen molar-refractivity contribution in [2.24, 2.45) is 0 Å². The number of nitrogens with one attached hydrogen (secondary N) is 1. The normalized spacial score (nSPS) is 9.85. The Morgan fingerprint density at radius 1 is 1.15 bits per heavy atom. The molecule has 0 saturated heterocycles. The van der Waals surface area contributed by atoms with Crippen LogP contribution in [0.15, 0.2) is 30.3 Å². The summed E-state index contributed by atoms with van der Waals surface area (Å²) in [5.74, 6) is 1.00. The maximum Gasteiger partial charge on any atom is 0.238 e. The lowest BCUT2D eigenvalue weighted by molar-refractivity contribution is 0.907. The van der Waals surface area contributed by atoms with Crippen molar-refractivity contribution in [3.63, 3.8) is 0 Å². The largest absolute Gasteiger partial charge is 0.354 e. The minimum atomic E-state index is 0.111. The molecule has 2 rings (SSSR count). The van der Waals surface area contributed by atoms with E-state index in [1.165, 1.54) is 0 Å². The predicted molar refractivity (Wildman–Crippen MR) is 77.8 cm³/mol. The first-order chi connectivity index (χ1) is 9.78. The van der Waals surface area contributed by atoms with E-state index in [0.717, 1.165) is 5.69 Å². The number of nitrogens with zero attached hydrogens (tertiary/aromatic N) is 5. The quantitative estimate of drug-likeness (QED) is 0.896. The van der Waals surface area contributed by atoms with Crippen molar-refractivity contribution in [1.29, 1.82) is 5.26 Å². The van der Waals surface area contributed by atoms with E-state index in [4.69, 9.17) is 5.26 Å². The van der Waals surface area contributed by atoms with Crippen molar-refractivity contribution in [3.05, 3.63) is 36.2 Å². The lowest BCUT2D eigenvalue weighted by Crippen LogP contribution is -2.20. The molecule has 0 aliphatic heterocycles. The van der Waals surface area contributed by atoms with E-state index in [2.05, 4.69) is 20.3 Å². The van der Waals surface area contributed by atoms with Gasteiger partial charge in [-0.1, -0.05) is 18.2 Å². The van der Waals surface area contributed by atoms with E-state index >= 15 is 0 Å². The van der Waals surface area contributed by atoms with Gasteiger partial charge in [-0.25, -0.2) is 0 Å². The topological polar surface area (TPSA) is 77.7 Å². The van der Waals surface area contributed by atoms with Crippen molar-refractivity contribution in [2.45, 2.75) is 13.8 Å². The van der Waals surface area contributed by atoms with E-state index < -0.39 is 0 Å². The summed E-state index contributed by atoms with van der Waals surface area (Å²) in [7, 11) is 0. The molecule has 6 heteroatoms. The Bertz CT molecular complexity index is 605. The van der Waals surface area contributed by atoms with Gasteiger partial charge >= 0.3 is 0 Å². The van der Waals surface area contributed by atoms with Gasteiger partial charge in [-0.3, -0.25) is 0 Å². The Balaban J connectivity index is 2.44. The smallest absolute Gasteiger partial charge is 0.238 e. The monoisotopic (exact) mass is 268 g/mol. The second-order valence-corrected chi connectivity index (χ2v) is 4.00. The van der Waals surface area contributed by atoms with Crippen molar-refractivity contribution in [2.75, 3.05) is 23.3 Å². The molecule has 0 aliphatic rings. The zero-order chi connectivity index (χ0) is 14.4. The summed E-state index contributed by atoms with van der Waals surface area (Å²) in [6, 6.07) is 11.8. The van der Waals surface area contributed by atoms with Crippen molar-refractivity contribution < 1.29 is 0 Å². The summed E-state index contributed by atoms with van der Waals surface area (Å²) in [5, 5.41) is 12.0. The van der Waals surface area contributed by atoms with Gasteiger partial charge < -0.3 is 10.2 Å². The predicted octanol–water partition coefficient (Wildman–Crippen LogP) is 2.33. The maximum atomic E-state index is 9.03. The average molecular weight is 268 g/mol. The number of rotatable bonds is 5. The minimum absolute atomic E-state index is 0.111. The fraction of sp³-hybridized carbons (Fsp3) is 0.286. The maximum absolute atomic E-state index is 9.03. The summed E-state index contributed by atoms with van der Waals surface area (Å²) < 4.78 is 0. The molecular weight excluding hydrogens is 252 g/mol. The van der Waals surface area contributed by atoms with Crippen LogP contribution in [-0.4, -0.2) is 28.0 Å². The van der Waals surface area contributed by atoms with Gasteiger partial charge in [0.1, 0.15) is 6.07 Å². The molecule has 0 saturated carbocycles. The Morgan fingerprint density at radius 3 is 2.50 bits per heavy atom. The number of nitriles is 1. The molecule has 0 aliphatic carbocycles. The van der Waals surface area contributed by atoms with E-state index in [9.17, 15) is 0 Å². The second-order valence-electron chi connectivity index (χ2n) is 4.00. The summed E-state index contributed by atoms with van der Waals surface area (Å²) in [6.45, 7) is 5.34. The van der Waals surface area contributed by atoms with Crippen molar-refractivity contribution in [1.82, 2.24) is 15.0 Å². The molecule has 0 fully saturated rings. The second kappa shape index (κ2) is 6.48. The zero-order valence-electron chi connectivity index (χ0n) is 11.5. The van der Waals surface area contributed by atoms with Gasteiger partial charge in [-0.05, 0) is 26.0 Å². The van der Waals surface area contributed by atoms with Crippen molar-refractivity contribution >= 4 is 17.6 Å². The van der Waals surface area contributed by atoms with E-state index in [1.807, 2.05) is 55.1 Å². The van der Waals surface area contributed by atoms with Gasteiger partial charge in [0.05, 0.1) is 0 Å². The van der Waals surface area contributed by atoms with Crippen molar-refractivity contribution in [3.8, 4) is 6.07 Å². The van der Waals surface area contributed by atoms with Crippen LogP contribution in [0.2, 0.25) is 0 Å². The summed E-state index contributed by atoms with van der Waals surface area (Å²) in [5.41, 5.74) is 0.979. The highest BCUT2D eigenvalue weighted by molar-refractivity contribution is 5.57. The van der Waals surface area contributed by atoms with Crippen LogP contribution in [0.4, 0.5) is 17.6 Å². The molecule has 6 nitrogen and oxygen atoms in total. The molecular formula is C14H16N6. The number of anilines is 3. The molecule has 0 unspecified atom stereocenters. The number of benzene rings is 1.